The van der Waals surface area contributed by atoms with Gasteiger partial charge in [-0.15, -0.1) is 0 Å². The fourth-order valence-electron chi connectivity index (χ4n) is 3.10. The van der Waals surface area contributed by atoms with Crippen LogP contribution in [-0.4, -0.2) is 38.2 Å². The van der Waals surface area contributed by atoms with Gasteiger partial charge < -0.3 is 25.4 Å². The molecule has 2 aromatic carbocycles. The number of rotatable bonds is 8. The predicted octanol–water partition coefficient (Wildman–Crippen LogP) is 3.96. The van der Waals surface area contributed by atoms with E-state index in [1.54, 1.807) is 0 Å². The van der Waals surface area contributed by atoms with Gasteiger partial charge in [-0.1, -0.05) is 25.5 Å². The standard InChI is InChI=1S/C24H32N4O3/c1-3-5-13-26-23(29)19-9-7-18(8-10-19)17-27-24(25-4-2)28-20-11-12-21-22(16-20)31-15-6-14-30-21/h7-12,16H,3-6,13-15,17H2,1-2H3,(H,26,29)(H2,25,27,28). The predicted molar refractivity (Wildman–Crippen MR) is 124 cm³/mol. The molecule has 0 spiro atoms. The lowest BCUT2D eigenvalue weighted by Crippen LogP contribution is -2.30. The van der Waals surface area contributed by atoms with Crippen molar-refractivity contribution in [3.8, 4) is 11.5 Å². The SMILES string of the molecule is CCCCNC(=O)c1ccc(CN=C(NCC)Nc2ccc3c(c2)OCCCO3)cc1. The number of hydrogen-bond donors (Lipinski definition) is 3. The Bertz CT molecular complexity index is 881. The van der Waals surface area contributed by atoms with Gasteiger partial charge in [0.25, 0.3) is 5.91 Å². The van der Waals surface area contributed by atoms with Gasteiger partial charge in [0.15, 0.2) is 17.5 Å². The molecule has 1 heterocycles. The summed E-state index contributed by atoms with van der Waals surface area (Å²) >= 11 is 0. The number of benzene rings is 2. The van der Waals surface area contributed by atoms with Crippen molar-refractivity contribution in [1.82, 2.24) is 10.6 Å². The molecule has 0 aliphatic carbocycles. The van der Waals surface area contributed by atoms with Gasteiger partial charge in [-0.2, -0.15) is 0 Å². The van der Waals surface area contributed by atoms with Crippen LogP contribution in [0.15, 0.2) is 47.5 Å². The van der Waals surface area contributed by atoms with Gasteiger partial charge in [0.05, 0.1) is 19.8 Å². The molecule has 1 aliphatic rings. The van der Waals surface area contributed by atoms with Crippen molar-refractivity contribution >= 4 is 17.6 Å². The number of amides is 1. The maximum absolute atomic E-state index is 12.1. The molecule has 1 aliphatic heterocycles. The first-order valence-electron chi connectivity index (χ1n) is 11.0. The van der Waals surface area contributed by atoms with Crippen LogP contribution in [0.25, 0.3) is 0 Å². The van der Waals surface area contributed by atoms with Crippen LogP contribution in [0.1, 0.15) is 49.0 Å². The molecular formula is C24H32N4O3. The fourth-order valence-corrected chi connectivity index (χ4v) is 3.10. The summed E-state index contributed by atoms with van der Waals surface area (Å²) in [6, 6.07) is 13.4. The monoisotopic (exact) mass is 424 g/mol. The molecule has 7 heteroatoms. The molecule has 0 atom stereocenters. The van der Waals surface area contributed by atoms with E-state index >= 15 is 0 Å². The van der Waals surface area contributed by atoms with Crippen molar-refractivity contribution in [2.75, 3.05) is 31.6 Å². The van der Waals surface area contributed by atoms with Gasteiger partial charge in [-0.25, -0.2) is 4.99 Å². The average molecular weight is 425 g/mol. The van der Waals surface area contributed by atoms with E-state index in [1.807, 2.05) is 49.4 Å². The molecule has 0 aromatic heterocycles. The number of carbonyl (C=O) groups is 1. The lowest BCUT2D eigenvalue weighted by molar-refractivity contribution is 0.0953. The van der Waals surface area contributed by atoms with Crippen LogP contribution in [0.2, 0.25) is 0 Å². The van der Waals surface area contributed by atoms with Gasteiger partial charge in [0, 0.05) is 36.8 Å². The van der Waals surface area contributed by atoms with E-state index in [4.69, 9.17) is 9.47 Å². The first-order chi connectivity index (χ1) is 15.2. The Labute approximate surface area is 184 Å². The Hall–Kier alpha value is -3.22. The number of hydrogen-bond acceptors (Lipinski definition) is 4. The van der Waals surface area contributed by atoms with Gasteiger partial charge >= 0.3 is 0 Å². The van der Waals surface area contributed by atoms with Crippen LogP contribution in [0, 0.1) is 0 Å². The Kier molecular flexibility index (Phi) is 8.58. The summed E-state index contributed by atoms with van der Waals surface area (Å²) in [6.45, 7) is 7.40. The largest absolute Gasteiger partial charge is 0.490 e. The Morgan fingerprint density at radius 2 is 1.77 bits per heavy atom. The number of anilines is 1. The first-order valence-corrected chi connectivity index (χ1v) is 11.0. The molecule has 3 N–H and O–H groups in total. The van der Waals surface area contributed by atoms with Gasteiger partial charge in [0.2, 0.25) is 0 Å². The third kappa shape index (κ3) is 6.91. The number of nitrogens with zero attached hydrogens (tertiary/aromatic N) is 1. The van der Waals surface area contributed by atoms with Gasteiger partial charge in [-0.3, -0.25) is 4.79 Å². The highest BCUT2D eigenvalue weighted by Crippen LogP contribution is 2.32. The molecule has 31 heavy (non-hydrogen) atoms. The number of fused-ring (bicyclic) bond motifs is 1. The van der Waals surface area contributed by atoms with E-state index in [-0.39, 0.29) is 5.91 Å². The average Bonchev–Trinajstić information content (AvgIpc) is 3.03. The van der Waals surface area contributed by atoms with Crippen LogP contribution in [0.3, 0.4) is 0 Å². The highest BCUT2D eigenvalue weighted by molar-refractivity contribution is 5.94. The molecule has 0 unspecified atom stereocenters. The van der Waals surface area contributed by atoms with E-state index in [1.165, 1.54) is 0 Å². The molecule has 2 aromatic rings. The van der Waals surface area contributed by atoms with Crippen LogP contribution in [0.5, 0.6) is 11.5 Å². The zero-order valence-corrected chi connectivity index (χ0v) is 18.4. The Morgan fingerprint density at radius 1 is 1.00 bits per heavy atom. The third-order valence-electron chi connectivity index (χ3n) is 4.81. The highest BCUT2D eigenvalue weighted by atomic mass is 16.5. The summed E-state index contributed by atoms with van der Waals surface area (Å²) in [5.74, 6) is 2.15. The number of carbonyl (C=O) groups excluding carboxylic acids is 1. The normalized spacial score (nSPS) is 13.3. The Morgan fingerprint density at radius 3 is 2.52 bits per heavy atom. The Balaban J connectivity index is 1.62. The number of ether oxygens (including phenoxy) is 2. The maximum Gasteiger partial charge on any atom is 0.251 e. The van der Waals surface area contributed by atoms with Gasteiger partial charge in [0.1, 0.15) is 0 Å². The summed E-state index contributed by atoms with van der Waals surface area (Å²) in [4.78, 5) is 16.8. The van der Waals surface area contributed by atoms with Crippen LogP contribution < -0.4 is 25.4 Å². The van der Waals surface area contributed by atoms with Crippen molar-refractivity contribution in [2.24, 2.45) is 4.99 Å². The number of nitrogens with one attached hydrogen (secondary N) is 3. The minimum absolute atomic E-state index is 0.0343. The zero-order chi connectivity index (χ0) is 21.9. The molecule has 0 bridgehead atoms. The summed E-state index contributed by atoms with van der Waals surface area (Å²) in [6.07, 6.45) is 2.93. The van der Waals surface area contributed by atoms with E-state index in [9.17, 15) is 4.79 Å². The van der Waals surface area contributed by atoms with Crippen molar-refractivity contribution in [3.63, 3.8) is 0 Å². The minimum atomic E-state index is -0.0343. The molecule has 1 amide bonds. The molecule has 0 saturated heterocycles. The van der Waals surface area contributed by atoms with Crippen LogP contribution in [-0.2, 0) is 6.54 Å². The van der Waals surface area contributed by atoms with Crippen molar-refractivity contribution in [2.45, 2.75) is 39.7 Å². The molecule has 0 fully saturated rings. The quantitative estimate of drug-likeness (QED) is 0.339. The topological polar surface area (TPSA) is 84.0 Å². The van der Waals surface area contributed by atoms with E-state index < -0.39 is 0 Å². The maximum atomic E-state index is 12.1. The van der Waals surface area contributed by atoms with Gasteiger partial charge in [-0.05, 0) is 43.2 Å². The molecule has 0 radical (unpaired) electrons. The summed E-state index contributed by atoms with van der Waals surface area (Å²) in [7, 11) is 0. The van der Waals surface area contributed by atoms with Crippen molar-refractivity contribution in [3.05, 3.63) is 53.6 Å². The van der Waals surface area contributed by atoms with Crippen LogP contribution in [0.4, 0.5) is 5.69 Å². The first kappa shape index (κ1) is 22.5. The highest BCUT2D eigenvalue weighted by Gasteiger charge is 2.11. The lowest BCUT2D eigenvalue weighted by Gasteiger charge is -2.14. The molecule has 0 saturated carbocycles. The number of guanidine groups is 1. The van der Waals surface area contributed by atoms with Crippen LogP contribution >= 0.6 is 0 Å². The molecular weight excluding hydrogens is 392 g/mol. The second kappa shape index (κ2) is 11.8. The molecule has 7 nitrogen and oxygen atoms in total. The summed E-state index contributed by atoms with van der Waals surface area (Å²) in [5, 5.41) is 9.51. The summed E-state index contributed by atoms with van der Waals surface area (Å²) < 4.78 is 11.5. The lowest BCUT2D eigenvalue weighted by atomic mass is 10.1. The summed E-state index contributed by atoms with van der Waals surface area (Å²) in [5.41, 5.74) is 2.57. The second-order valence-electron chi connectivity index (χ2n) is 7.34. The number of unbranched alkanes of at least 4 members (excludes halogenated alkanes) is 1. The molecule has 166 valence electrons. The third-order valence-corrected chi connectivity index (χ3v) is 4.81. The smallest absolute Gasteiger partial charge is 0.251 e. The molecule has 3 rings (SSSR count). The second-order valence-corrected chi connectivity index (χ2v) is 7.34. The van der Waals surface area contributed by atoms with Crippen molar-refractivity contribution in [1.29, 1.82) is 0 Å². The van der Waals surface area contributed by atoms with E-state index in [0.717, 1.165) is 48.6 Å². The number of aliphatic imine (C=N–C) groups is 1. The zero-order valence-electron chi connectivity index (χ0n) is 18.4. The van der Waals surface area contributed by atoms with E-state index in [2.05, 4.69) is 27.9 Å². The minimum Gasteiger partial charge on any atom is -0.490 e. The van der Waals surface area contributed by atoms with E-state index in [0.29, 0.717) is 37.8 Å². The fraction of sp³-hybridized carbons (Fsp3) is 0.417. The van der Waals surface area contributed by atoms with Crippen molar-refractivity contribution < 1.29 is 14.3 Å².